The molecule has 0 saturated carbocycles. The first-order valence-electron chi connectivity index (χ1n) is 4.05. The lowest BCUT2D eigenvalue weighted by atomic mass is 9.50. The largest absolute Gasteiger partial charge is 0.381 e. The van der Waals surface area contributed by atoms with Gasteiger partial charge in [-0.15, -0.1) is 0 Å². The molecule has 4 heteroatoms. The van der Waals surface area contributed by atoms with Gasteiger partial charge in [-0.2, -0.15) is 0 Å². The fourth-order valence-corrected chi connectivity index (χ4v) is 1.52. The predicted molar refractivity (Wildman–Crippen MR) is 44.5 cm³/mol. The molecule has 0 spiro atoms. The SMILES string of the molecule is [B][B]C1OC(CC)C(C)C1F. The molecule has 1 saturated heterocycles. The van der Waals surface area contributed by atoms with Gasteiger partial charge in [-0.1, -0.05) is 13.8 Å². The second-order valence-corrected chi connectivity index (χ2v) is 3.04. The van der Waals surface area contributed by atoms with Crippen LogP contribution in [-0.2, 0) is 4.74 Å². The van der Waals surface area contributed by atoms with Gasteiger partial charge in [-0.25, -0.2) is 4.39 Å². The molecule has 1 fully saturated rings. The highest BCUT2D eigenvalue weighted by Crippen LogP contribution is 2.30. The Morgan fingerprint density at radius 1 is 1.64 bits per heavy atom. The standard InChI is InChI=1S/C7H12B2FO/c1-3-5-4(2)6(10)7(9-8)11-5/h4-7H,3H2,1-2H3. The summed E-state index contributed by atoms with van der Waals surface area (Å²) >= 11 is 0. The number of hydrogen-bond acceptors (Lipinski definition) is 1. The maximum Gasteiger partial charge on any atom is 0.122 e. The molecule has 0 aromatic carbocycles. The van der Waals surface area contributed by atoms with Gasteiger partial charge in [0.2, 0.25) is 0 Å². The third kappa shape index (κ3) is 1.61. The predicted octanol–water partition coefficient (Wildman–Crippen LogP) is 0.883. The Kier molecular flexibility index (Phi) is 2.99. The van der Waals surface area contributed by atoms with Crippen molar-refractivity contribution in [3.8, 4) is 0 Å². The summed E-state index contributed by atoms with van der Waals surface area (Å²) in [5.74, 6) is -0.0233. The summed E-state index contributed by atoms with van der Waals surface area (Å²) < 4.78 is 18.5. The normalized spacial score (nSPS) is 44.3. The highest BCUT2D eigenvalue weighted by atomic mass is 19.1. The van der Waals surface area contributed by atoms with E-state index in [9.17, 15) is 4.39 Å². The summed E-state index contributed by atoms with van der Waals surface area (Å²) in [6, 6.07) is -0.491. The molecule has 11 heavy (non-hydrogen) atoms. The van der Waals surface area contributed by atoms with Crippen molar-refractivity contribution in [2.24, 2.45) is 5.92 Å². The molecular weight excluding hydrogens is 141 g/mol. The third-order valence-corrected chi connectivity index (χ3v) is 2.33. The average Bonchev–Trinajstić information content (AvgIpc) is 2.30. The van der Waals surface area contributed by atoms with Gasteiger partial charge in [0.05, 0.1) is 13.3 Å². The van der Waals surface area contributed by atoms with Gasteiger partial charge >= 0.3 is 0 Å². The Hall–Kier alpha value is 0.0199. The minimum Gasteiger partial charge on any atom is -0.381 e. The van der Waals surface area contributed by atoms with Crippen LogP contribution in [0.1, 0.15) is 20.3 Å². The van der Waals surface area contributed by atoms with E-state index in [1.165, 1.54) is 7.17 Å². The van der Waals surface area contributed by atoms with Gasteiger partial charge in [0.1, 0.15) is 6.17 Å². The zero-order chi connectivity index (χ0) is 8.43. The van der Waals surface area contributed by atoms with Gasteiger partial charge in [0.15, 0.2) is 0 Å². The lowest BCUT2D eigenvalue weighted by Crippen LogP contribution is -2.27. The van der Waals surface area contributed by atoms with E-state index in [2.05, 4.69) is 0 Å². The van der Waals surface area contributed by atoms with Crippen LogP contribution in [-0.4, -0.2) is 33.2 Å². The molecule has 1 rings (SSSR count). The van der Waals surface area contributed by atoms with Crippen molar-refractivity contribution in [3.05, 3.63) is 0 Å². The fraction of sp³-hybridized carbons (Fsp3) is 1.00. The summed E-state index contributed by atoms with van der Waals surface area (Å²) in [6.45, 7) is 3.86. The van der Waals surface area contributed by atoms with E-state index in [0.717, 1.165) is 6.42 Å². The molecule has 0 N–H and O–H groups in total. The van der Waals surface area contributed by atoms with Crippen LogP contribution < -0.4 is 0 Å². The second kappa shape index (κ2) is 3.61. The molecule has 1 aliphatic rings. The lowest BCUT2D eigenvalue weighted by Gasteiger charge is -2.11. The van der Waals surface area contributed by atoms with Crippen LogP contribution in [0.15, 0.2) is 0 Å². The first kappa shape index (κ1) is 9.11. The number of hydrogen-bond donors (Lipinski definition) is 0. The van der Waals surface area contributed by atoms with Crippen molar-refractivity contribution in [1.29, 1.82) is 0 Å². The number of ether oxygens (including phenoxy) is 1. The van der Waals surface area contributed by atoms with Crippen LogP contribution in [0.4, 0.5) is 4.39 Å². The van der Waals surface area contributed by atoms with E-state index in [0.29, 0.717) is 0 Å². The molecule has 0 aromatic rings. The Morgan fingerprint density at radius 3 is 2.55 bits per heavy atom. The smallest absolute Gasteiger partial charge is 0.122 e. The molecule has 0 aliphatic carbocycles. The highest BCUT2D eigenvalue weighted by Gasteiger charge is 2.39. The van der Waals surface area contributed by atoms with Crippen molar-refractivity contribution in [3.63, 3.8) is 0 Å². The number of rotatable bonds is 2. The lowest BCUT2D eigenvalue weighted by molar-refractivity contribution is 0.0667. The maximum atomic E-state index is 13.2. The molecule has 1 heterocycles. The van der Waals surface area contributed by atoms with Gasteiger partial charge < -0.3 is 4.74 Å². The highest BCUT2D eigenvalue weighted by molar-refractivity contribution is 6.90. The molecule has 1 nitrogen and oxygen atoms in total. The molecule has 59 valence electrons. The Balaban J connectivity index is 2.53. The molecule has 0 bridgehead atoms. The maximum absolute atomic E-state index is 13.2. The topological polar surface area (TPSA) is 9.23 Å². The van der Waals surface area contributed by atoms with Crippen molar-refractivity contribution < 1.29 is 9.13 Å². The minimum atomic E-state index is -0.926. The fourth-order valence-electron chi connectivity index (χ4n) is 1.52. The van der Waals surface area contributed by atoms with Gasteiger partial charge in [-0.3, -0.25) is 0 Å². The number of halogens is 1. The quantitative estimate of drug-likeness (QED) is 0.535. The van der Waals surface area contributed by atoms with Gasteiger partial charge in [0.25, 0.3) is 0 Å². The monoisotopic (exact) mass is 153 g/mol. The van der Waals surface area contributed by atoms with Gasteiger partial charge in [-0.05, 0) is 6.42 Å². The van der Waals surface area contributed by atoms with E-state index in [1.807, 2.05) is 13.8 Å². The first-order chi connectivity index (χ1) is 5.20. The molecule has 4 unspecified atom stereocenters. The van der Waals surface area contributed by atoms with E-state index >= 15 is 0 Å². The van der Waals surface area contributed by atoms with Crippen molar-refractivity contribution in [1.82, 2.24) is 0 Å². The van der Waals surface area contributed by atoms with Crippen LogP contribution in [0.2, 0.25) is 0 Å². The van der Waals surface area contributed by atoms with Crippen LogP contribution in [0, 0.1) is 5.92 Å². The second-order valence-electron chi connectivity index (χ2n) is 3.04. The Morgan fingerprint density at radius 2 is 2.27 bits per heavy atom. The van der Waals surface area contributed by atoms with E-state index < -0.39 is 12.2 Å². The zero-order valence-electron chi connectivity index (χ0n) is 6.96. The summed E-state index contributed by atoms with van der Waals surface area (Å²) in [5, 5.41) is 0. The summed E-state index contributed by atoms with van der Waals surface area (Å²) in [7, 11) is 6.52. The molecule has 3 radical (unpaired) electrons. The molecular formula is C7H12B2FO. The van der Waals surface area contributed by atoms with E-state index in [4.69, 9.17) is 12.5 Å². The molecule has 0 aromatic heterocycles. The number of alkyl halides is 1. The first-order valence-corrected chi connectivity index (χ1v) is 4.05. The van der Waals surface area contributed by atoms with E-state index in [-0.39, 0.29) is 12.0 Å². The van der Waals surface area contributed by atoms with E-state index in [1.54, 1.807) is 0 Å². The van der Waals surface area contributed by atoms with Crippen molar-refractivity contribution in [2.75, 3.05) is 0 Å². The van der Waals surface area contributed by atoms with Crippen LogP contribution in [0.3, 0.4) is 0 Å². The zero-order valence-corrected chi connectivity index (χ0v) is 6.96. The van der Waals surface area contributed by atoms with Crippen LogP contribution >= 0.6 is 0 Å². The van der Waals surface area contributed by atoms with Crippen molar-refractivity contribution >= 4 is 14.9 Å². The third-order valence-electron chi connectivity index (χ3n) is 2.33. The van der Waals surface area contributed by atoms with Crippen molar-refractivity contribution in [2.45, 2.75) is 38.5 Å². The summed E-state index contributed by atoms with van der Waals surface area (Å²) in [4.78, 5) is 0. The molecule has 1 aliphatic heterocycles. The van der Waals surface area contributed by atoms with Gasteiger partial charge in [0, 0.05) is 19.7 Å². The summed E-state index contributed by atoms with van der Waals surface area (Å²) in [5.41, 5.74) is 0. The summed E-state index contributed by atoms with van der Waals surface area (Å²) in [6.07, 6.45) is -0.0360. The minimum absolute atomic E-state index is 0.0233. The Bertz CT molecular complexity index is 116. The van der Waals surface area contributed by atoms with Crippen LogP contribution in [0.25, 0.3) is 0 Å². The Labute approximate surface area is 69.3 Å². The average molecular weight is 153 g/mol. The molecule has 4 atom stereocenters. The molecule has 0 amide bonds. The van der Waals surface area contributed by atoms with Crippen LogP contribution in [0.5, 0.6) is 0 Å².